The minimum atomic E-state index is -0.434. The Kier molecular flexibility index (Phi) is 5.05. The Morgan fingerprint density at radius 3 is 2.88 bits per heavy atom. The van der Waals surface area contributed by atoms with Crippen molar-refractivity contribution in [3.63, 3.8) is 0 Å². The van der Waals surface area contributed by atoms with Gasteiger partial charge in [0.1, 0.15) is 5.76 Å². The average molecular weight is 225 g/mol. The number of furan rings is 1. The highest BCUT2D eigenvalue weighted by atomic mass is 16.5. The third-order valence-corrected chi connectivity index (χ3v) is 2.55. The first-order chi connectivity index (χ1) is 7.72. The molecular weight excluding hydrogens is 206 g/mol. The summed E-state index contributed by atoms with van der Waals surface area (Å²) in [6, 6.07) is 3.64. The molecule has 1 N–H and O–H groups in total. The molecule has 0 radical (unpaired) electrons. The predicted octanol–water partition coefficient (Wildman–Crippen LogP) is 2.52. The highest BCUT2D eigenvalue weighted by Crippen LogP contribution is 2.21. The molecule has 1 atom stereocenters. The van der Waals surface area contributed by atoms with E-state index in [4.69, 9.17) is 4.42 Å². The highest BCUT2D eigenvalue weighted by molar-refractivity contribution is 5.86. The van der Waals surface area contributed by atoms with E-state index in [1.54, 1.807) is 6.07 Å². The van der Waals surface area contributed by atoms with Crippen LogP contribution in [-0.2, 0) is 4.74 Å². The largest absolute Gasteiger partial charge is 0.463 e. The molecule has 16 heavy (non-hydrogen) atoms. The Labute approximate surface area is 96.0 Å². The summed E-state index contributed by atoms with van der Waals surface area (Å²) in [6.07, 6.45) is 3.27. The number of ether oxygens (including phenoxy) is 1. The van der Waals surface area contributed by atoms with Gasteiger partial charge in [0.15, 0.2) is 0 Å². The number of rotatable bonds is 6. The molecule has 0 aromatic carbocycles. The van der Waals surface area contributed by atoms with Gasteiger partial charge in [-0.15, -0.1) is 0 Å². The molecule has 0 amide bonds. The van der Waals surface area contributed by atoms with Crippen LogP contribution >= 0.6 is 0 Å². The molecular formula is C12H19NO3. The quantitative estimate of drug-likeness (QED) is 0.756. The first kappa shape index (κ1) is 12.8. The van der Waals surface area contributed by atoms with Crippen LogP contribution in [0.2, 0.25) is 0 Å². The maximum atomic E-state index is 11.2. The number of esters is 1. The third kappa shape index (κ3) is 3.10. The Morgan fingerprint density at radius 1 is 1.56 bits per heavy atom. The molecule has 0 aliphatic rings. The molecule has 4 heteroatoms. The summed E-state index contributed by atoms with van der Waals surface area (Å²) in [7, 11) is 3.23. The minimum absolute atomic E-state index is 0.165. The second-order valence-corrected chi connectivity index (χ2v) is 3.68. The zero-order valence-electron chi connectivity index (χ0n) is 10.1. The predicted molar refractivity (Wildman–Crippen MR) is 61.4 cm³/mol. The second-order valence-electron chi connectivity index (χ2n) is 3.68. The number of unbranched alkanes of at least 4 members (excludes halogenated alkanes) is 1. The fourth-order valence-electron chi connectivity index (χ4n) is 1.59. The summed E-state index contributed by atoms with van der Waals surface area (Å²) >= 11 is 0. The maximum Gasteiger partial charge on any atom is 0.373 e. The van der Waals surface area contributed by atoms with Gasteiger partial charge in [0, 0.05) is 0 Å². The molecule has 1 rings (SSSR count). The highest BCUT2D eigenvalue weighted by Gasteiger charge is 2.16. The standard InChI is InChI=1S/C12H19NO3/c1-4-5-6-9(13-2)10-7-8-11(16-10)12(14)15-3/h7-9,13H,4-6H2,1-3H3. The van der Waals surface area contributed by atoms with Gasteiger partial charge < -0.3 is 14.5 Å². The SMILES string of the molecule is CCCCC(NC)c1ccc(C(=O)OC)o1. The van der Waals surface area contributed by atoms with E-state index in [0.29, 0.717) is 0 Å². The average Bonchev–Trinajstić information content (AvgIpc) is 2.78. The van der Waals surface area contributed by atoms with E-state index in [1.165, 1.54) is 7.11 Å². The molecule has 1 heterocycles. The van der Waals surface area contributed by atoms with Crippen molar-refractivity contribution in [2.45, 2.75) is 32.2 Å². The summed E-state index contributed by atoms with van der Waals surface area (Å²) in [4.78, 5) is 11.2. The van der Waals surface area contributed by atoms with Crippen molar-refractivity contribution in [2.24, 2.45) is 0 Å². The molecule has 0 aliphatic heterocycles. The van der Waals surface area contributed by atoms with Crippen molar-refractivity contribution in [3.05, 3.63) is 23.7 Å². The third-order valence-electron chi connectivity index (χ3n) is 2.55. The van der Waals surface area contributed by atoms with Gasteiger partial charge in [0.05, 0.1) is 13.2 Å². The fourth-order valence-corrected chi connectivity index (χ4v) is 1.59. The van der Waals surface area contributed by atoms with Gasteiger partial charge in [-0.25, -0.2) is 4.79 Å². The van der Waals surface area contributed by atoms with E-state index in [2.05, 4.69) is 17.0 Å². The second kappa shape index (κ2) is 6.33. The molecule has 0 bridgehead atoms. The number of hydrogen-bond donors (Lipinski definition) is 1. The summed E-state index contributed by atoms with van der Waals surface area (Å²) in [5.74, 6) is 0.613. The van der Waals surface area contributed by atoms with Crippen molar-refractivity contribution in [1.29, 1.82) is 0 Å². The molecule has 1 unspecified atom stereocenters. The maximum absolute atomic E-state index is 11.2. The van der Waals surface area contributed by atoms with E-state index in [9.17, 15) is 4.79 Å². The van der Waals surface area contributed by atoms with Crippen molar-refractivity contribution in [2.75, 3.05) is 14.2 Å². The summed E-state index contributed by atoms with van der Waals surface area (Å²) in [5, 5.41) is 3.18. The molecule has 1 aromatic heterocycles. The van der Waals surface area contributed by atoms with Crippen LogP contribution in [0.4, 0.5) is 0 Å². The van der Waals surface area contributed by atoms with Crippen LogP contribution in [0.5, 0.6) is 0 Å². The van der Waals surface area contributed by atoms with E-state index >= 15 is 0 Å². The van der Waals surface area contributed by atoms with Gasteiger partial charge in [-0.05, 0) is 25.6 Å². The van der Waals surface area contributed by atoms with Gasteiger partial charge in [-0.2, -0.15) is 0 Å². The lowest BCUT2D eigenvalue weighted by Crippen LogP contribution is -2.15. The summed E-state index contributed by atoms with van der Waals surface area (Å²) < 4.78 is 10.0. The fraction of sp³-hybridized carbons (Fsp3) is 0.583. The lowest BCUT2D eigenvalue weighted by Gasteiger charge is -2.12. The molecule has 0 saturated heterocycles. The van der Waals surface area contributed by atoms with Crippen LogP contribution in [0.15, 0.2) is 16.5 Å². The molecule has 1 aromatic rings. The van der Waals surface area contributed by atoms with Crippen LogP contribution in [0.25, 0.3) is 0 Å². The molecule has 0 spiro atoms. The molecule has 0 aliphatic carbocycles. The van der Waals surface area contributed by atoms with Gasteiger partial charge in [-0.3, -0.25) is 0 Å². The van der Waals surface area contributed by atoms with E-state index in [-0.39, 0.29) is 11.8 Å². The number of nitrogens with one attached hydrogen (secondary N) is 1. The lowest BCUT2D eigenvalue weighted by molar-refractivity contribution is 0.0562. The zero-order chi connectivity index (χ0) is 12.0. The van der Waals surface area contributed by atoms with Crippen molar-refractivity contribution < 1.29 is 13.9 Å². The molecule has 4 nitrogen and oxygen atoms in total. The number of carbonyl (C=O) groups is 1. The van der Waals surface area contributed by atoms with Crippen molar-refractivity contribution in [3.8, 4) is 0 Å². The van der Waals surface area contributed by atoms with Gasteiger partial charge in [-0.1, -0.05) is 19.8 Å². The van der Waals surface area contributed by atoms with Crippen LogP contribution in [-0.4, -0.2) is 20.1 Å². The van der Waals surface area contributed by atoms with Crippen LogP contribution < -0.4 is 5.32 Å². The van der Waals surface area contributed by atoms with Gasteiger partial charge in [0.2, 0.25) is 5.76 Å². The molecule has 0 saturated carbocycles. The Balaban J connectivity index is 2.70. The number of methoxy groups -OCH3 is 1. The topological polar surface area (TPSA) is 51.5 Å². The first-order valence-electron chi connectivity index (χ1n) is 5.58. The number of carbonyl (C=O) groups excluding carboxylic acids is 1. The van der Waals surface area contributed by atoms with E-state index in [1.807, 2.05) is 13.1 Å². The Morgan fingerprint density at radius 2 is 2.31 bits per heavy atom. The normalized spacial score (nSPS) is 12.4. The monoisotopic (exact) mass is 225 g/mol. The summed E-state index contributed by atoms with van der Waals surface area (Å²) in [5.41, 5.74) is 0. The molecule has 90 valence electrons. The molecule has 0 fully saturated rings. The van der Waals surface area contributed by atoms with Crippen molar-refractivity contribution >= 4 is 5.97 Å². The Hall–Kier alpha value is -1.29. The van der Waals surface area contributed by atoms with Crippen molar-refractivity contribution in [1.82, 2.24) is 5.32 Å². The minimum Gasteiger partial charge on any atom is -0.463 e. The van der Waals surface area contributed by atoms with Crippen LogP contribution in [0.3, 0.4) is 0 Å². The van der Waals surface area contributed by atoms with Gasteiger partial charge >= 0.3 is 5.97 Å². The number of hydrogen-bond acceptors (Lipinski definition) is 4. The summed E-state index contributed by atoms with van der Waals surface area (Å²) in [6.45, 7) is 2.15. The Bertz CT molecular complexity index is 333. The van der Waals surface area contributed by atoms with Gasteiger partial charge in [0.25, 0.3) is 0 Å². The smallest absolute Gasteiger partial charge is 0.373 e. The van der Waals surface area contributed by atoms with Crippen LogP contribution in [0.1, 0.15) is 48.5 Å². The lowest BCUT2D eigenvalue weighted by atomic mass is 10.1. The van der Waals surface area contributed by atoms with E-state index in [0.717, 1.165) is 25.0 Å². The van der Waals surface area contributed by atoms with E-state index < -0.39 is 5.97 Å². The first-order valence-corrected chi connectivity index (χ1v) is 5.58. The zero-order valence-corrected chi connectivity index (χ0v) is 10.1. The van der Waals surface area contributed by atoms with Crippen LogP contribution in [0, 0.1) is 0 Å².